The number of nitrogens with two attached hydrogens (primary N) is 1. The molecule has 0 aliphatic rings. The fraction of sp³-hybridized carbons (Fsp3) is 0.353. The fourth-order valence-corrected chi connectivity index (χ4v) is 7.59. The molecule has 3 atom stereocenters. The number of Topliss-reactive ketones (excluding diaryl/α,β-unsaturated/α-hetero) is 1. The van der Waals surface area contributed by atoms with Gasteiger partial charge < -0.3 is 35.1 Å². The van der Waals surface area contributed by atoms with Crippen molar-refractivity contribution in [2.75, 3.05) is 19.7 Å². The van der Waals surface area contributed by atoms with Gasteiger partial charge in [0.25, 0.3) is 0 Å². The molecule has 4 aromatic carbocycles. The molecule has 0 bridgehead atoms. The van der Waals surface area contributed by atoms with Gasteiger partial charge in [0, 0.05) is 61.9 Å². The van der Waals surface area contributed by atoms with E-state index in [1.54, 1.807) is 24.4 Å². The summed E-state index contributed by atoms with van der Waals surface area (Å²) in [5.41, 5.74) is 9.18. The number of esters is 2. The lowest BCUT2D eigenvalue weighted by Gasteiger charge is -2.41. The largest absolute Gasteiger partial charge is 0.461 e. The van der Waals surface area contributed by atoms with Crippen LogP contribution < -0.4 is 11.1 Å². The minimum atomic E-state index is -1.13. The molecule has 14 heteroatoms. The molecule has 1 aromatic heterocycles. The number of hydrogen-bond donors (Lipinski definition) is 3. The van der Waals surface area contributed by atoms with Crippen molar-refractivity contribution in [3.8, 4) is 11.1 Å². The van der Waals surface area contributed by atoms with Crippen LogP contribution in [-0.2, 0) is 53.2 Å². The first kappa shape index (κ1) is 49.5. The SMILES string of the molecule is CC(C)(C)[C@H](c1cc(-c2cc(F)ccc2F)cn1Cc1ccccc1)N(CC[C@H](N)C(=O)NCCC(=O)C[C@@H](CCC(=O)OCc1ccccc1)C(=O)OCc1ccccc1)C(=O)CO. The molecule has 0 spiro atoms. The number of ketones is 1. The van der Waals surface area contributed by atoms with E-state index in [1.165, 1.54) is 4.90 Å². The van der Waals surface area contributed by atoms with Crippen molar-refractivity contribution in [3.63, 3.8) is 0 Å². The Balaban J connectivity index is 1.23. The number of ether oxygens (including phenoxy) is 2. The first-order valence-electron chi connectivity index (χ1n) is 21.7. The molecule has 0 radical (unpaired) electrons. The zero-order valence-electron chi connectivity index (χ0n) is 37.1. The highest BCUT2D eigenvalue weighted by Crippen LogP contribution is 2.41. The molecular formula is C51H58F2N4O8. The van der Waals surface area contributed by atoms with Crippen LogP contribution in [0.15, 0.2) is 121 Å². The number of aromatic nitrogens is 1. The lowest BCUT2D eigenvalue weighted by atomic mass is 9.82. The molecule has 0 unspecified atom stereocenters. The quantitative estimate of drug-likeness (QED) is 0.0564. The molecule has 0 fully saturated rings. The van der Waals surface area contributed by atoms with Crippen LogP contribution in [0.4, 0.5) is 8.78 Å². The van der Waals surface area contributed by atoms with Crippen LogP contribution in [0.25, 0.3) is 11.1 Å². The number of hydrogen-bond acceptors (Lipinski definition) is 9. The summed E-state index contributed by atoms with van der Waals surface area (Å²) in [5, 5.41) is 12.9. The third-order valence-electron chi connectivity index (χ3n) is 10.9. The fourth-order valence-electron chi connectivity index (χ4n) is 7.59. The lowest BCUT2D eigenvalue weighted by Crippen LogP contribution is -2.47. The zero-order chi connectivity index (χ0) is 46.9. The summed E-state index contributed by atoms with van der Waals surface area (Å²) in [7, 11) is 0. The molecule has 12 nitrogen and oxygen atoms in total. The van der Waals surface area contributed by atoms with E-state index in [-0.39, 0.29) is 69.8 Å². The van der Waals surface area contributed by atoms with E-state index in [0.717, 1.165) is 34.9 Å². The second kappa shape index (κ2) is 24.0. The van der Waals surface area contributed by atoms with Crippen LogP contribution in [0, 0.1) is 23.0 Å². The van der Waals surface area contributed by atoms with Gasteiger partial charge in [0.2, 0.25) is 11.8 Å². The summed E-state index contributed by atoms with van der Waals surface area (Å²) < 4.78 is 42.3. The average Bonchev–Trinajstić information content (AvgIpc) is 3.70. The molecule has 0 saturated carbocycles. The molecule has 1 heterocycles. The summed E-state index contributed by atoms with van der Waals surface area (Å²) in [6.45, 7) is 5.13. The summed E-state index contributed by atoms with van der Waals surface area (Å²) in [6, 6.07) is 30.7. The number of carbonyl (C=O) groups is 5. The van der Waals surface area contributed by atoms with Crippen LogP contribution >= 0.6 is 0 Å². The van der Waals surface area contributed by atoms with Gasteiger partial charge in [0.1, 0.15) is 37.2 Å². The summed E-state index contributed by atoms with van der Waals surface area (Å²) in [5.74, 6) is -4.89. The highest BCUT2D eigenvalue weighted by atomic mass is 19.1. The molecular weight excluding hydrogens is 835 g/mol. The van der Waals surface area contributed by atoms with Crippen LogP contribution in [0.5, 0.6) is 0 Å². The van der Waals surface area contributed by atoms with Gasteiger partial charge in [-0.15, -0.1) is 0 Å². The maximum absolute atomic E-state index is 15.1. The first-order chi connectivity index (χ1) is 31.1. The van der Waals surface area contributed by atoms with Crippen molar-refractivity contribution in [2.45, 2.75) is 84.7 Å². The predicted octanol–water partition coefficient (Wildman–Crippen LogP) is 7.46. The highest BCUT2D eigenvalue weighted by molar-refractivity contribution is 5.86. The summed E-state index contributed by atoms with van der Waals surface area (Å²) in [6.07, 6.45) is 1.22. The molecule has 0 saturated heterocycles. The van der Waals surface area contributed by atoms with E-state index in [4.69, 9.17) is 15.2 Å². The van der Waals surface area contributed by atoms with Gasteiger partial charge in [-0.2, -0.15) is 0 Å². The molecule has 0 aliphatic heterocycles. The van der Waals surface area contributed by atoms with Gasteiger partial charge in [-0.1, -0.05) is 112 Å². The second-order valence-corrected chi connectivity index (χ2v) is 17.1. The van der Waals surface area contributed by atoms with Gasteiger partial charge >= 0.3 is 11.9 Å². The van der Waals surface area contributed by atoms with E-state index in [1.807, 2.05) is 104 Å². The average molecular weight is 893 g/mol. The monoisotopic (exact) mass is 892 g/mol. The van der Waals surface area contributed by atoms with Gasteiger partial charge in [0.05, 0.1) is 18.0 Å². The Morgan fingerprint density at radius 2 is 1.38 bits per heavy atom. The Hall–Kier alpha value is -6.51. The summed E-state index contributed by atoms with van der Waals surface area (Å²) in [4.78, 5) is 67.4. The minimum Gasteiger partial charge on any atom is -0.461 e. The van der Waals surface area contributed by atoms with E-state index < -0.39 is 65.4 Å². The predicted molar refractivity (Wildman–Crippen MR) is 241 cm³/mol. The van der Waals surface area contributed by atoms with E-state index in [2.05, 4.69) is 5.32 Å². The number of rotatable bonds is 23. The van der Waals surface area contributed by atoms with Crippen molar-refractivity contribution in [3.05, 3.63) is 155 Å². The molecule has 65 heavy (non-hydrogen) atoms. The smallest absolute Gasteiger partial charge is 0.309 e. The van der Waals surface area contributed by atoms with E-state index in [9.17, 15) is 33.5 Å². The lowest BCUT2D eigenvalue weighted by molar-refractivity contribution is -0.153. The number of nitrogens with one attached hydrogen (secondary N) is 1. The number of aliphatic hydroxyl groups is 1. The van der Waals surface area contributed by atoms with Crippen molar-refractivity contribution >= 4 is 29.5 Å². The van der Waals surface area contributed by atoms with E-state index in [0.29, 0.717) is 17.8 Å². The van der Waals surface area contributed by atoms with Gasteiger partial charge in [-0.25, -0.2) is 8.78 Å². The first-order valence-corrected chi connectivity index (χ1v) is 21.7. The molecule has 4 N–H and O–H groups in total. The normalized spacial score (nSPS) is 12.7. The Bertz CT molecular complexity index is 2350. The topological polar surface area (TPSA) is 170 Å². The number of carbonyl (C=O) groups excluding carboxylic acids is 5. The molecule has 5 aromatic rings. The standard InChI is InChI=1S/C51H58F2N4O8/c1-51(2,3)48(45-28-39(42-29-40(52)20-21-43(42)53)31-56(45)30-35-13-7-4-8-14-35)57(46(60)32-58)26-24-44(54)49(62)55-25-23-41(59)27-38(50(63)65-34-37-17-11-6-12-18-37)19-22-47(61)64-33-36-15-9-5-10-16-36/h4-18,20-21,28-29,31,38,44,48,58H,19,22-27,30,32-34,54H2,1-3H3,(H,55,62)/t38-,44+,48+/m1/s1. The van der Waals surface area contributed by atoms with Crippen molar-refractivity contribution in [2.24, 2.45) is 17.1 Å². The second-order valence-electron chi connectivity index (χ2n) is 17.1. The highest BCUT2D eigenvalue weighted by Gasteiger charge is 2.37. The van der Waals surface area contributed by atoms with Gasteiger partial charge in [-0.3, -0.25) is 24.0 Å². The van der Waals surface area contributed by atoms with Gasteiger partial charge in [-0.05, 0) is 59.2 Å². The molecule has 5 rings (SSSR count). The zero-order valence-corrected chi connectivity index (χ0v) is 37.1. The van der Waals surface area contributed by atoms with Crippen LogP contribution in [-0.4, -0.2) is 69.8 Å². The number of benzene rings is 4. The Kier molecular flexibility index (Phi) is 18.3. The van der Waals surface area contributed by atoms with Gasteiger partial charge in [0.15, 0.2) is 0 Å². The number of nitrogens with zero attached hydrogens (tertiary/aromatic N) is 2. The van der Waals surface area contributed by atoms with Crippen LogP contribution in [0.1, 0.15) is 81.3 Å². The maximum Gasteiger partial charge on any atom is 0.309 e. The van der Waals surface area contributed by atoms with Crippen molar-refractivity contribution < 1.29 is 47.3 Å². The number of halogens is 2. The third kappa shape index (κ3) is 15.0. The summed E-state index contributed by atoms with van der Waals surface area (Å²) >= 11 is 0. The van der Waals surface area contributed by atoms with Crippen LogP contribution in [0.3, 0.4) is 0 Å². The Morgan fingerprint density at radius 1 is 0.785 bits per heavy atom. The third-order valence-corrected chi connectivity index (χ3v) is 10.9. The maximum atomic E-state index is 15.1. The molecule has 2 amide bonds. The Morgan fingerprint density at radius 3 is 1.98 bits per heavy atom. The molecule has 0 aliphatic carbocycles. The van der Waals surface area contributed by atoms with Crippen LogP contribution in [0.2, 0.25) is 0 Å². The number of amides is 2. The Labute approximate surface area is 378 Å². The van der Waals surface area contributed by atoms with Crippen molar-refractivity contribution in [1.82, 2.24) is 14.8 Å². The van der Waals surface area contributed by atoms with E-state index >= 15 is 4.39 Å². The molecule has 344 valence electrons. The van der Waals surface area contributed by atoms with Crippen molar-refractivity contribution in [1.29, 1.82) is 0 Å². The minimum absolute atomic E-state index is 0.00897. The number of aliphatic hydroxyl groups excluding tert-OH is 1.